The number of guanidine groups is 1. The van der Waals surface area contributed by atoms with Crippen LogP contribution >= 0.6 is 11.3 Å². The molecular weight excluding hydrogens is 268 g/mol. The molecule has 0 aromatic carbocycles. The molecule has 1 aliphatic rings. The van der Waals surface area contributed by atoms with Crippen LogP contribution in [0.25, 0.3) is 0 Å². The Morgan fingerprint density at radius 1 is 1.50 bits per heavy atom. The fraction of sp³-hybridized carbons (Fsp3) is 0.667. The van der Waals surface area contributed by atoms with Crippen molar-refractivity contribution in [3.8, 4) is 0 Å². The van der Waals surface area contributed by atoms with E-state index >= 15 is 0 Å². The first-order valence-electron chi connectivity index (χ1n) is 7.44. The van der Waals surface area contributed by atoms with Crippen LogP contribution in [0.15, 0.2) is 22.5 Å². The number of rotatable bonds is 4. The maximum absolute atomic E-state index is 4.25. The molecule has 0 amide bonds. The third kappa shape index (κ3) is 3.73. The summed E-state index contributed by atoms with van der Waals surface area (Å²) in [4.78, 5) is 8.23. The lowest BCUT2D eigenvalue weighted by molar-refractivity contribution is 0.125. The van der Waals surface area contributed by atoms with Gasteiger partial charge in [0.25, 0.3) is 0 Å². The number of nitrogens with zero attached hydrogens (tertiary/aromatic N) is 2. The van der Waals surface area contributed by atoms with Gasteiger partial charge in [-0.25, -0.2) is 0 Å². The quantitative estimate of drug-likeness (QED) is 0.661. The molecule has 112 valence electrons. The summed E-state index contributed by atoms with van der Waals surface area (Å²) in [6.07, 6.45) is 2.56. The molecule has 20 heavy (non-hydrogen) atoms. The van der Waals surface area contributed by atoms with E-state index in [1.165, 1.54) is 24.3 Å². The molecule has 0 spiro atoms. The Kier molecular flexibility index (Phi) is 5.86. The van der Waals surface area contributed by atoms with Crippen LogP contribution in [0.4, 0.5) is 0 Å². The van der Waals surface area contributed by atoms with Crippen molar-refractivity contribution in [2.45, 2.75) is 25.8 Å². The monoisotopic (exact) mass is 294 g/mol. The van der Waals surface area contributed by atoms with Gasteiger partial charge in [-0.15, -0.1) is 11.3 Å². The SMILES string of the molecule is CCNC(=NC)NCC1CCCN(C)C1c1cccs1. The summed E-state index contributed by atoms with van der Waals surface area (Å²) in [7, 11) is 4.07. The molecule has 1 aromatic heterocycles. The van der Waals surface area contributed by atoms with Crippen molar-refractivity contribution < 1.29 is 0 Å². The van der Waals surface area contributed by atoms with Gasteiger partial charge in [-0.1, -0.05) is 6.07 Å². The van der Waals surface area contributed by atoms with Gasteiger partial charge in [-0.05, 0) is 50.7 Å². The second kappa shape index (κ2) is 7.64. The van der Waals surface area contributed by atoms with Crippen LogP contribution in [0.1, 0.15) is 30.7 Å². The fourth-order valence-corrected chi connectivity index (χ4v) is 3.98. The molecule has 0 radical (unpaired) electrons. The molecule has 0 saturated carbocycles. The van der Waals surface area contributed by atoms with Gasteiger partial charge in [0.15, 0.2) is 5.96 Å². The van der Waals surface area contributed by atoms with E-state index in [0.29, 0.717) is 12.0 Å². The summed E-state index contributed by atoms with van der Waals surface area (Å²) in [5.41, 5.74) is 0. The van der Waals surface area contributed by atoms with Gasteiger partial charge in [0.2, 0.25) is 0 Å². The maximum atomic E-state index is 4.25. The molecule has 1 aliphatic heterocycles. The van der Waals surface area contributed by atoms with Crippen LogP contribution in [-0.2, 0) is 0 Å². The highest BCUT2D eigenvalue weighted by atomic mass is 32.1. The van der Waals surface area contributed by atoms with Gasteiger partial charge >= 0.3 is 0 Å². The van der Waals surface area contributed by atoms with Gasteiger partial charge < -0.3 is 10.6 Å². The van der Waals surface area contributed by atoms with Gasteiger partial charge in [0, 0.05) is 31.1 Å². The Morgan fingerprint density at radius 2 is 2.35 bits per heavy atom. The number of piperidine rings is 1. The lowest BCUT2D eigenvalue weighted by Gasteiger charge is -2.39. The Labute approximate surface area is 126 Å². The molecule has 2 rings (SSSR count). The number of aliphatic imine (C=N–C) groups is 1. The minimum Gasteiger partial charge on any atom is -0.357 e. The second-order valence-corrected chi connectivity index (χ2v) is 6.31. The van der Waals surface area contributed by atoms with E-state index in [1.54, 1.807) is 0 Å². The molecule has 1 aromatic rings. The Morgan fingerprint density at radius 3 is 3.00 bits per heavy atom. The molecule has 4 nitrogen and oxygen atoms in total. The van der Waals surface area contributed by atoms with Crippen LogP contribution in [0.3, 0.4) is 0 Å². The summed E-state index contributed by atoms with van der Waals surface area (Å²) in [6.45, 7) is 5.17. The molecule has 0 bridgehead atoms. The summed E-state index contributed by atoms with van der Waals surface area (Å²) < 4.78 is 0. The van der Waals surface area contributed by atoms with E-state index in [1.807, 2.05) is 18.4 Å². The van der Waals surface area contributed by atoms with Crippen LogP contribution < -0.4 is 10.6 Å². The minimum atomic E-state index is 0.538. The molecule has 0 aliphatic carbocycles. The van der Waals surface area contributed by atoms with Gasteiger partial charge in [-0.3, -0.25) is 9.89 Å². The zero-order chi connectivity index (χ0) is 14.4. The van der Waals surface area contributed by atoms with E-state index in [9.17, 15) is 0 Å². The minimum absolute atomic E-state index is 0.538. The third-order valence-corrected chi connectivity index (χ3v) is 4.88. The number of thiophene rings is 1. The van der Waals surface area contributed by atoms with Crippen molar-refractivity contribution in [1.29, 1.82) is 0 Å². The second-order valence-electron chi connectivity index (χ2n) is 5.33. The van der Waals surface area contributed by atoms with Crippen LogP contribution in [-0.4, -0.2) is 44.6 Å². The highest BCUT2D eigenvalue weighted by molar-refractivity contribution is 7.10. The lowest BCUT2D eigenvalue weighted by Crippen LogP contribution is -2.44. The maximum Gasteiger partial charge on any atom is 0.190 e. The largest absolute Gasteiger partial charge is 0.357 e. The van der Waals surface area contributed by atoms with E-state index in [0.717, 1.165) is 19.0 Å². The van der Waals surface area contributed by atoms with E-state index < -0.39 is 0 Å². The lowest BCUT2D eigenvalue weighted by atomic mass is 9.88. The molecule has 1 saturated heterocycles. The molecule has 2 heterocycles. The van der Waals surface area contributed by atoms with Crippen molar-refractivity contribution >= 4 is 17.3 Å². The number of hydrogen-bond acceptors (Lipinski definition) is 3. The number of likely N-dealkylation sites (tertiary alicyclic amines) is 1. The van der Waals surface area contributed by atoms with Crippen molar-refractivity contribution in [2.75, 3.05) is 33.7 Å². The summed E-state index contributed by atoms with van der Waals surface area (Å²) >= 11 is 1.87. The van der Waals surface area contributed by atoms with Gasteiger partial charge in [0.1, 0.15) is 0 Å². The Bertz CT molecular complexity index is 416. The molecular formula is C15H26N4S. The first kappa shape index (κ1) is 15.3. The zero-order valence-corrected chi connectivity index (χ0v) is 13.5. The topological polar surface area (TPSA) is 39.7 Å². The van der Waals surface area contributed by atoms with Gasteiger partial charge in [0.05, 0.1) is 0 Å². The summed E-state index contributed by atoms with van der Waals surface area (Å²) in [6, 6.07) is 4.96. The smallest absolute Gasteiger partial charge is 0.190 e. The van der Waals surface area contributed by atoms with E-state index in [2.05, 4.69) is 52.0 Å². The standard InChI is InChI=1S/C15H26N4S/c1-4-17-15(16-2)18-11-12-7-5-9-19(3)14(12)13-8-6-10-20-13/h6,8,10,12,14H,4-5,7,9,11H2,1-3H3,(H2,16,17,18). The molecule has 5 heteroatoms. The average molecular weight is 294 g/mol. The fourth-order valence-electron chi connectivity index (χ4n) is 3.00. The predicted octanol–water partition coefficient (Wildman–Crippen LogP) is 2.32. The normalized spacial score (nSPS) is 24.6. The Hall–Kier alpha value is -1.07. The molecule has 2 unspecified atom stereocenters. The summed E-state index contributed by atoms with van der Waals surface area (Å²) in [5, 5.41) is 8.91. The first-order chi connectivity index (χ1) is 9.76. The molecule has 2 atom stereocenters. The van der Waals surface area contributed by atoms with E-state index in [4.69, 9.17) is 0 Å². The molecule has 1 fully saturated rings. The van der Waals surface area contributed by atoms with Gasteiger partial charge in [-0.2, -0.15) is 0 Å². The zero-order valence-electron chi connectivity index (χ0n) is 12.7. The predicted molar refractivity (Wildman–Crippen MR) is 87.5 cm³/mol. The summed E-state index contributed by atoms with van der Waals surface area (Å²) in [5.74, 6) is 1.55. The third-order valence-electron chi connectivity index (χ3n) is 3.94. The van der Waals surface area contributed by atoms with Crippen LogP contribution in [0, 0.1) is 5.92 Å². The van der Waals surface area contributed by atoms with Crippen molar-refractivity contribution in [3.63, 3.8) is 0 Å². The van der Waals surface area contributed by atoms with E-state index in [-0.39, 0.29) is 0 Å². The highest BCUT2D eigenvalue weighted by Crippen LogP contribution is 2.36. The van der Waals surface area contributed by atoms with Crippen LogP contribution in [0.5, 0.6) is 0 Å². The van der Waals surface area contributed by atoms with Crippen molar-refractivity contribution in [2.24, 2.45) is 10.9 Å². The highest BCUT2D eigenvalue weighted by Gasteiger charge is 2.31. The number of nitrogens with one attached hydrogen (secondary N) is 2. The van der Waals surface area contributed by atoms with Crippen LogP contribution in [0.2, 0.25) is 0 Å². The van der Waals surface area contributed by atoms with Crippen molar-refractivity contribution in [1.82, 2.24) is 15.5 Å². The average Bonchev–Trinajstić information content (AvgIpc) is 2.97. The van der Waals surface area contributed by atoms with Crippen molar-refractivity contribution in [3.05, 3.63) is 22.4 Å². The molecule has 2 N–H and O–H groups in total. The number of hydrogen-bond donors (Lipinski definition) is 2. The Balaban J connectivity index is 2.00. The first-order valence-corrected chi connectivity index (χ1v) is 8.32.